The third-order valence-electron chi connectivity index (χ3n) is 3.85. The number of likely N-dealkylation sites (tertiary alicyclic amines) is 1. The van der Waals surface area contributed by atoms with E-state index in [4.69, 9.17) is 10.5 Å². The van der Waals surface area contributed by atoms with Crippen LogP contribution in [0.1, 0.15) is 23.2 Å². The number of ether oxygens (including phenoxy) is 1. The fourth-order valence-electron chi connectivity index (χ4n) is 2.73. The highest BCUT2D eigenvalue weighted by Gasteiger charge is 2.25. The van der Waals surface area contributed by atoms with Crippen molar-refractivity contribution in [3.63, 3.8) is 0 Å². The normalized spacial score (nSPS) is 19.4. The van der Waals surface area contributed by atoms with Crippen LogP contribution in [0.5, 0.6) is 5.75 Å². The molecule has 3 rings (SSSR count). The highest BCUT2D eigenvalue weighted by atomic mass is 16.5. The van der Waals surface area contributed by atoms with Crippen molar-refractivity contribution in [1.29, 1.82) is 0 Å². The van der Waals surface area contributed by atoms with Gasteiger partial charge in [0.15, 0.2) is 6.23 Å². The number of benzene rings is 2. The van der Waals surface area contributed by atoms with Gasteiger partial charge in [-0.2, -0.15) is 0 Å². The Balaban J connectivity index is 2.09. The average Bonchev–Trinajstić information content (AvgIpc) is 2.84. The first kappa shape index (κ1) is 12.9. The fraction of sp³-hybridized carbons (Fsp3) is 0.312. The molecule has 1 heterocycles. The molecular formula is C16H18N2O2. The predicted octanol–water partition coefficient (Wildman–Crippen LogP) is 2.37. The van der Waals surface area contributed by atoms with Gasteiger partial charge in [0.2, 0.25) is 0 Å². The molecule has 1 amide bonds. The number of amides is 1. The lowest BCUT2D eigenvalue weighted by Gasteiger charge is -2.23. The molecule has 1 aliphatic heterocycles. The molecule has 1 aliphatic rings. The van der Waals surface area contributed by atoms with Crippen LogP contribution in [-0.4, -0.2) is 30.6 Å². The van der Waals surface area contributed by atoms with E-state index in [1.807, 2.05) is 37.4 Å². The summed E-state index contributed by atoms with van der Waals surface area (Å²) in [6.45, 7) is 1.02. The van der Waals surface area contributed by atoms with E-state index in [1.165, 1.54) is 0 Å². The number of hydrogen-bond donors (Lipinski definition) is 1. The summed E-state index contributed by atoms with van der Waals surface area (Å²) >= 11 is 0. The van der Waals surface area contributed by atoms with Crippen LogP contribution in [0.4, 0.5) is 0 Å². The zero-order valence-electron chi connectivity index (χ0n) is 11.5. The molecular weight excluding hydrogens is 252 g/mol. The second kappa shape index (κ2) is 5.13. The molecule has 0 radical (unpaired) electrons. The van der Waals surface area contributed by atoms with Gasteiger partial charge in [0.05, 0.1) is 5.56 Å². The van der Waals surface area contributed by atoms with E-state index in [-0.39, 0.29) is 6.23 Å². The van der Waals surface area contributed by atoms with E-state index in [0.29, 0.717) is 11.3 Å². The van der Waals surface area contributed by atoms with Gasteiger partial charge in [0.25, 0.3) is 5.91 Å². The van der Waals surface area contributed by atoms with Gasteiger partial charge in [-0.05, 0) is 31.3 Å². The molecule has 2 aromatic carbocycles. The van der Waals surface area contributed by atoms with Crippen LogP contribution in [-0.2, 0) is 0 Å². The largest absolute Gasteiger partial charge is 0.474 e. The van der Waals surface area contributed by atoms with Gasteiger partial charge in [-0.3, -0.25) is 9.69 Å². The number of carbonyl (C=O) groups is 1. The molecule has 0 spiro atoms. The molecule has 2 N–H and O–H groups in total. The smallest absolute Gasteiger partial charge is 0.252 e. The maximum absolute atomic E-state index is 11.6. The summed E-state index contributed by atoms with van der Waals surface area (Å²) in [6, 6.07) is 11.5. The molecule has 104 valence electrons. The molecule has 1 fully saturated rings. The Morgan fingerprint density at radius 3 is 2.80 bits per heavy atom. The quantitative estimate of drug-likeness (QED) is 0.931. The number of hydrogen-bond acceptors (Lipinski definition) is 3. The van der Waals surface area contributed by atoms with E-state index in [9.17, 15) is 4.79 Å². The Hall–Kier alpha value is -2.07. The maximum atomic E-state index is 11.6. The fourth-order valence-corrected chi connectivity index (χ4v) is 2.73. The summed E-state index contributed by atoms with van der Waals surface area (Å²) in [5, 5.41) is 1.98. The minimum absolute atomic E-state index is 0.0129. The molecule has 4 heteroatoms. The minimum Gasteiger partial charge on any atom is -0.474 e. The first-order valence-corrected chi connectivity index (χ1v) is 6.85. The number of fused-ring (bicyclic) bond motifs is 1. The van der Waals surface area contributed by atoms with Gasteiger partial charge in [-0.15, -0.1) is 0 Å². The number of nitrogens with zero attached hydrogens (tertiary/aromatic N) is 1. The molecule has 0 saturated carbocycles. The summed E-state index contributed by atoms with van der Waals surface area (Å²) < 4.78 is 6.12. The van der Waals surface area contributed by atoms with Crippen molar-refractivity contribution in [2.45, 2.75) is 19.1 Å². The molecule has 0 aromatic heterocycles. The van der Waals surface area contributed by atoms with E-state index in [2.05, 4.69) is 4.90 Å². The Bertz CT molecular complexity index is 654. The van der Waals surface area contributed by atoms with Crippen molar-refractivity contribution in [3.05, 3.63) is 42.0 Å². The summed E-state index contributed by atoms with van der Waals surface area (Å²) in [4.78, 5) is 13.8. The lowest BCUT2D eigenvalue weighted by atomic mass is 10.0. The van der Waals surface area contributed by atoms with E-state index < -0.39 is 5.91 Å². The number of carbonyl (C=O) groups excluding carboxylic acids is 1. The highest BCUT2D eigenvalue weighted by Crippen LogP contribution is 2.32. The zero-order valence-corrected chi connectivity index (χ0v) is 11.5. The molecule has 4 nitrogen and oxygen atoms in total. The van der Waals surface area contributed by atoms with Crippen LogP contribution in [0.25, 0.3) is 10.8 Å². The summed E-state index contributed by atoms with van der Waals surface area (Å²) in [5.74, 6) is 0.153. The molecule has 1 unspecified atom stereocenters. The second-order valence-corrected chi connectivity index (χ2v) is 5.22. The van der Waals surface area contributed by atoms with Crippen LogP contribution in [0.3, 0.4) is 0 Å². The van der Waals surface area contributed by atoms with Crippen LogP contribution in [0.15, 0.2) is 36.4 Å². The van der Waals surface area contributed by atoms with E-state index in [1.54, 1.807) is 6.07 Å². The van der Waals surface area contributed by atoms with Gasteiger partial charge in [0, 0.05) is 11.9 Å². The lowest BCUT2D eigenvalue weighted by molar-refractivity contribution is 0.0799. The first-order chi connectivity index (χ1) is 9.66. The van der Waals surface area contributed by atoms with Crippen LogP contribution >= 0.6 is 0 Å². The van der Waals surface area contributed by atoms with Crippen LogP contribution in [0.2, 0.25) is 0 Å². The van der Waals surface area contributed by atoms with E-state index in [0.717, 1.165) is 30.2 Å². The van der Waals surface area contributed by atoms with Crippen molar-refractivity contribution in [2.24, 2.45) is 5.73 Å². The van der Waals surface area contributed by atoms with E-state index >= 15 is 0 Å². The Morgan fingerprint density at radius 1 is 1.30 bits per heavy atom. The summed E-state index contributed by atoms with van der Waals surface area (Å²) in [5.41, 5.74) is 5.93. The SMILES string of the molecule is CN1CCCC1Oc1c(C(N)=O)ccc2ccccc12. The molecule has 0 aliphatic carbocycles. The lowest BCUT2D eigenvalue weighted by Crippen LogP contribution is -2.31. The Kier molecular flexibility index (Phi) is 3.32. The summed E-state index contributed by atoms with van der Waals surface area (Å²) in [6.07, 6.45) is 2.09. The van der Waals surface area contributed by atoms with Gasteiger partial charge in [0.1, 0.15) is 5.75 Å². The topological polar surface area (TPSA) is 55.6 Å². The monoisotopic (exact) mass is 270 g/mol. The molecule has 1 saturated heterocycles. The molecule has 0 bridgehead atoms. The first-order valence-electron chi connectivity index (χ1n) is 6.85. The summed E-state index contributed by atoms with van der Waals surface area (Å²) in [7, 11) is 2.03. The van der Waals surface area contributed by atoms with Crippen LogP contribution < -0.4 is 10.5 Å². The number of rotatable bonds is 3. The van der Waals surface area contributed by atoms with Gasteiger partial charge < -0.3 is 10.5 Å². The molecule has 1 atom stereocenters. The Labute approximate surface area is 118 Å². The standard InChI is InChI=1S/C16H18N2O2/c1-18-10-4-7-14(18)20-15-12-6-3-2-5-11(12)8-9-13(15)16(17)19/h2-3,5-6,8-9,14H,4,7,10H2,1H3,(H2,17,19). The van der Waals surface area contributed by atoms with Crippen molar-refractivity contribution < 1.29 is 9.53 Å². The van der Waals surface area contributed by atoms with Crippen LogP contribution in [0, 0.1) is 0 Å². The van der Waals surface area contributed by atoms with Crippen molar-refractivity contribution in [3.8, 4) is 5.75 Å². The van der Waals surface area contributed by atoms with Crippen molar-refractivity contribution >= 4 is 16.7 Å². The van der Waals surface area contributed by atoms with Gasteiger partial charge >= 0.3 is 0 Å². The minimum atomic E-state index is -0.452. The van der Waals surface area contributed by atoms with Gasteiger partial charge in [-0.1, -0.05) is 30.3 Å². The zero-order chi connectivity index (χ0) is 14.1. The number of primary amides is 1. The highest BCUT2D eigenvalue weighted by molar-refractivity contribution is 6.03. The number of nitrogens with two attached hydrogens (primary N) is 1. The van der Waals surface area contributed by atoms with Gasteiger partial charge in [-0.25, -0.2) is 0 Å². The predicted molar refractivity (Wildman–Crippen MR) is 78.7 cm³/mol. The van der Waals surface area contributed by atoms with Crippen molar-refractivity contribution in [2.75, 3.05) is 13.6 Å². The molecule has 2 aromatic rings. The Morgan fingerprint density at radius 2 is 2.10 bits per heavy atom. The maximum Gasteiger partial charge on any atom is 0.252 e. The third-order valence-corrected chi connectivity index (χ3v) is 3.85. The third kappa shape index (κ3) is 2.23. The average molecular weight is 270 g/mol. The molecule has 20 heavy (non-hydrogen) atoms. The van der Waals surface area contributed by atoms with Crippen molar-refractivity contribution in [1.82, 2.24) is 4.90 Å². The second-order valence-electron chi connectivity index (χ2n) is 5.22.